The third kappa shape index (κ3) is 4.97. The number of hydrogen-bond acceptors (Lipinski definition) is 3. The van der Waals surface area contributed by atoms with Gasteiger partial charge in [0.2, 0.25) is 0 Å². The van der Waals surface area contributed by atoms with E-state index >= 15 is 0 Å². The molecule has 0 saturated heterocycles. The molecular weight excluding hydrogens is 211 g/mol. The topological polar surface area (TPSA) is 56.6 Å². The maximum absolute atomic E-state index is 12.6. The number of benzene rings is 1. The smallest absolute Gasteiger partial charge is 0.125 e. The van der Waals surface area contributed by atoms with E-state index in [-0.39, 0.29) is 24.0 Å². The summed E-state index contributed by atoms with van der Waals surface area (Å²) in [5, 5.41) is 11.0. The summed E-state index contributed by atoms with van der Waals surface area (Å²) in [6.07, 6.45) is 1.63. The number of aldehydes is 1. The zero-order chi connectivity index (χ0) is 11.8. The van der Waals surface area contributed by atoms with Crippen LogP contribution in [-0.2, 0) is 11.2 Å². The summed E-state index contributed by atoms with van der Waals surface area (Å²) >= 11 is 0. The van der Waals surface area contributed by atoms with E-state index in [1.54, 1.807) is 12.1 Å². The number of halogens is 1. The molecule has 0 heterocycles. The van der Waals surface area contributed by atoms with Gasteiger partial charge < -0.3 is 10.0 Å². The van der Waals surface area contributed by atoms with Crippen molar-refractivity contribution < 1.29 is 14.4 Å². The summed E-state index contributed by atoms with van der Waals surface area (Å²) in [5.74, 6) is -0.265. The Labute approximate surface area is 93.6 Å². The van der Waals surface area contributed by atoms with E-state index < -0.39 is 0 Å². The van der Waals surface area contributed by atoms with Crippen LogP contribution < -0.4 is 10.6 Å². The molecular formula is C11H15FN2O2. The van der Waals surface area contributed by atoms with Crippen molar-refractivity contribution in [2.45, 2.75) is 12.8 Å². The minimum atomic E-state index is -0.265. The molecule has 16 heavy (non-hydrogen) atoms. The Kier molecular flexibility index (Phi) is 5.63. The third-order valence-electron chi connectivity index (χ3n) is 2.14. The van der Waals surface area contributed by atoms with Gasteiger partial charge in [0.15, 0.2) is 0 Å². The number of quaternary nitrogens is 1. The Morgan fingerprint density at radius 3 is 2.69 bits per heavy atom. The van der Waals surface area contributed by atoms with Crippen molar-refractivity contribution >= 4 is 6.29 Å². The first-order chi connectivity index (χ1) is 7.72. The van der Waals surface area contributed by atoms with Crippen molar-refractivity contribution in [3.63, 3.8) is 0 Å². The third-order valence-corrected chi connectivity index (χ3v) is 2.14. The summed E-state index contributed by atoms with van der Waals surface area (Å²) in [4.78, 5) is 10.0. The van der Waals surface area contributed by atoms with Gasteiger partial charge in [0.05, 0.1) is 6.42 Å². The van der Waals surface area contributed by atoms with E-state index in [2.05, 4.69) is 5.43 Å². The lowest BCUT2D eigenvalue weighted by Gasteiger charge is -2.21. The summed E-state index contributed by atoms with van der Waals surface area (Å²) in [7, 11) is 0. The van der Waals surface area contributed by atoms with Crippen LogP contribution in [0.5, 0.6) is 0 Å². The molecule has 0 aliphatic heterocycles. The fraction of sp³-hybridized carbons (Fsp3) is 0.364. The molecule has 0 saturated carbocycles. The van der Waals surface area contributed by atoms with Crippen LogP contribution in [0.25, 0.3) is 0 Å². The Bertz CT molecular complexity index is 316. The molecule has 1 aromatic rings. The van der Waals surface area contributed by atoms with E-state index in [0.29, 0.717) is 13.0 Å². The molecule has 0 amide bonds. The fourth-order valence-corrected chi connectivity index (χ4v) is 1.28. The lowest BCUT2D eigenvalue weighted by molar-refractivity contribution is -0.895. The number of carbonyl (C=O) groups excluding carboxylic acids is 1. The van der Waals surface area contributed by atoms with Crippen molar-refractivity contribution in [1.82, 2.24) is 5.43 Å². The number of hydrogen-bond donors (Lipinski definition) is 2. The van der Waals surface area contributed by atoms with Gasteiger partial charge in [-0.05, 0) is 24.1 Å². The van der Waals surface area contributed by atoms with Crippen molar-refractivity contribution in [2.75, 3.05) is 13.1 Å². The molecule has 0 fully saturated rings. The highest BCUT2D eigenvalue weighted by Gasteiger charge is 1.97. The van der Waals surface area contributed by atoms with E-state index in [4.69, 9.17) is 0 Å². The van der Waals surface area contributed by atoms with Gasteiger partial charge in [-0.2, -0.15) is 5.43 Å². The average molecular weight is 226 g/mol. The second kappa shape index (κ2) is 7.05. The van der Waals surface area contributed by atoms with Gasteiger partial charge in [0.1, 0.15) is 18.6 Å². The van der Waals surface area contributed by atoms with Crippen LogP contribution in [0.4, 0.5) is 4.39 Å². The fourth-order valence-electron chi connectivity index (χ4n) is 1.28. The van der Waals surface area contributed by atoms with Gasteiger partial charge in [0, 0.05) is 6.54 Å². The minimum Gasteiger partial charge on any atom is -0.613 e. The molecule has 0 radical (unpaired) electrons. The van der Waals surface area contributed by atoms with Gasteiger partial charge in [-0.3, -0.25) is 5.17 Å². The molecule has 2 N–H and O–H groups in total. The zero-order valence-electron chi connectivity index (χ0n) is 8.91. The van der Waals surface area contributed by atoms with Crippen molar-refractivity contribution in [3.8, 4) is 0 Å². The molecule has 1 aromatic carbocycles. The maximum Gasteiger partial charge on any atom is 0.125 e. The summed E-state index contributed by atoms with van der Waals surface area (Å²) in [5.41, 5.74) is 3.66. The highest BCUT2D eigenvalue weighted by atomic mass is 19.1. The number of carbonyl (C=O) groups is 1. The number of nitrogens with one attached hydrogen (secondary N) is 2. The van der Waals surface area contributed by atoms with Gasteiger partial charge in [-0.1, -0.05) is 12.1 Å². The van der Waals surface area contributed by atoms with Crippen molar-refractivity contribution in [3.05, 3.63) is 40.9 Å². The molecule has 88 valence electrons. The van der Waals surface area contributed by atoms with Gasteiger partial charge >= 0.3 is 0 Å². The highest BCUT2D eigenvalue weighted by Crippen LogP contribution is 2.02. The summed E-state index contributed by atoms with van der Waals surface area (Å²) in [6.45, 7) is 0.732. The molecule has 0 aliphatic carbocycles. The normalized spacial score (nSPS) is 12.4. The van der Waals surface area contributed by atoms with Crippen molar-refractivity contribution in [1.29, 1.82) is 0 Å². The average Bonchev–Trinajstić information content (AvgIpc) is 2.29. The Hall–Kier alpha value is -1.30. The number of hydroxylamine groups is 1. The van der Waals surface area contributed by atoms with Crippen LogP contribution in [0.2, 0.25) is 0 Å². The summed E-state index contributed by atoms with van der Waals surface area (Å²) < 4.78 is 12.6. The molecule has 0 spiro atoms. The Morgan fingerprint density at radius 1 is 1.38 bits per heavy atom. The molecule has 4 nitrogen and oxygen atoms in total. The Morgan fingerprint density at radius 2 is 2.06 bits per heavy atom. The first-order valence-corrected chi connectivity index (χ1v) is 5.17. The van der Waals surface area contributed by atoms with Crippen LogP contribution in [0.1, 0.15) is 12.0 Å². The van der Waals surface area contributed by atoms with Crippen LogP contribution >= 0.6 is 0 Å². The van der Waals surface area contributed by atoms with Crippen LogP contribution in [0.15, 0.2) is 24.3 Å². The summed E-state index contributed by atoms with van der Waals surface area (Å²) in [6, 6.07) is 6.16. The van der Waals surface area contributed by atoms with Crippen LogP contribution in [0, 0.1) is 11.0 Å². The van der Waals surface area contributed by atoms with E-state index in [1.165, 1.54) is 12.1 Å². The number of rotatable bonds is 7. The largest absolute Gasteiger partial charge is 0.613 e. The molecule has 5 heteroatoms. The van der Waals surface area contributed by atoms with Crippen molar-refractivity contribution in [2.24, 2.45) is 0 Å². The standard InChI is InChI=1S/C11H15FN2O2/c12-11-4-2-10(3-5-11)6-7-13-14(16)8-1-9-15/h2-5,9,13-14H,1,6-8H2. The Balaban J connectivity index is 2.19. The van der Waals surface area contributed by atoms with Gasteiger partial charge in [-0.15, -0.1) is 0 Å². The van der Waals surface area contributed by atoms with Gasteiger partial charge in [-0.25, -0.2) is 4.39 Å². The molecule has 1 rings (SSSR count). The monoisotopic (exact) mass is 226 g/mol. The molecule has 1 unspecified atom stereocenters. The predicted molar refractivity (Wildman–Crippen MR) is 58.0 cm³/mol. The minimum absolute atomic E-state index is 0.130. The van der Waals surface area contributed by atoms with Crippen LogP contribution in [-0.4, -0.2) is 19.4 Å². The second-order valence-corrected chi connectivity index (χ2v) is 3.43. The van der Waals surface area contributed by atoms with Gasteiger partial charge in [0.25, 0.3) is 0 Å². The quantitative estimate of drug-likeness (QED) is 0.502. The molecule has 0 aromatic heterocycles. The lowest BCUT2D eigenvalue weighted by Crippen LogP contribution is -3.14. The predicted octanol–water partition coefficient (Wildman–Crippen LogP) is -0.155. The molecule has 0 bridgehead atoms. The molecule has 0 aliphatic rings. The first kappa shape index (κ1) is 12.8. The van der Waals surface area contributed by atoms with E-state index in [1.807, 2.05) is 0 Å². The second-order valence-electron chi connectivity index (χ2n) is 3.43. The zero-order valence-corrected chi connectivity index (χ0v) is 8.91. The first-order valence-electron chi connectivity index (χ1n) is 5.17. The van der Waals surface area contributed by atoms with E-state index in [9.17, 15) is 14.4 Å². The lowest BCUT2D eigenvalue weighted by atomic mass is 10.1. The SMILES string of the molecule is O=CCC[NH+]([O-])NCCc1ccc(F)cc1. The highest BCUT2D eigenvalue weighted by molar-refractivity contribution is 5.49. The maximum atomic E-state index is 12.6. The van der Waals surface area contributed by atoms with E-state index in [0.717, 1.165) is 11.8 Å². The molecule has 1 atom stereocenters. The van der Waals surface area contributed by atoms with Crippen LogP contribution in [0.3, 0.4) is 0 Å².